The van der Waals surface area contributed by atoms with Crippen molar-refractivity contribution in [1.29, 1.82) is 0 Å². The molecule has 0 unspecified atom stereocenters. The summed E-state index contributed by atoms with van der Waals surface area (Å²) in [5.74, 6) is -0.564. The Hall–Kier alpha value is -2.86. The number of ether oxygens (including phenoxy) is 2. The Balaban J connectivity index is 1.69. The van der Waals surface area contributed by atoms with Crippen LogP contribution >= 0.6 is 0 Å². The van der Waals surface area contributed by atoms with Gasteiger partial charge in [-0.25, -0.2) is 0 Å². The average Bonchev–Trinajstić information content (AvgIpc) is 2.67. The number of morpholine rings is 1. The predicted octanol–water partition coefficient (Wildman–Crippen LogP) is 2.43. The third kappa shape index (κ3) is 4.40. The van der Waals surface area contributed by atoms with Gasteiger partial charge in [-0.1, -0.05) is 48.5 Å². The Morgan fingerprint density at radius 1 is 1.12 bits per heavy atom. The predicted molar refractivity (Wildman–Crippen MR) is 95.9 cm³/mol. The number of rotatable bonds is 6. The van der Waals surface area contributed by atoms with Gasteiger partial charge in [0.2, 0.25) is 0 Å². The number of carboxylic acid groups (broad SMARTS) is 1. The summed E-state index contributed by atoms with van der Waals surface area (Å²) < 4.78 is 11.1. The van der Waals surface area contributed by atoms with Gasteiger partial charge >= 0.3 is 5.97 Å². The number of carbonyl (C=O) groups is 2. The van der Waals surface area contributed by atoms with Gasteiger partial charge in [-0.05, 0) is 11.6 Å². The summed E-state index contributed by atoms with van der Waals surface area (Å²) in [7, 11) is 0. The molecule has 1 atom stereocenters. The molecule has 1 amide bonds. The first-order chi connectivity index (χ1) is 12.6. The highest BCUT2D eigenvalue weighted by molar-refractivity contribution is 5.80. The van der Waals surface area contributed by atoms with Gasteiger partial charge < -0.3 is 19.5 Å². The highest BCUT2D eigenvalue weighted by Gasteiger charge is 2.29. The van der Waals surface area contributed by atoms with Crippen molar-refractivity contribution in [3.63, 3.8) is 0 Å². The van der Waals surface area contributed by atoms with Crippen LogP contribution in [-0.4, -0.2) is 54.3 Å². The maximum Gasteiger partial charge on any atom is 0.305 e. The van der Waals surface area contributed by atoms with Gasteiger partial charge in [-0.2, -0.15) is 0 Å². The van der Waals surface area contributed by atoms with E-state index < -0.39 is 12.0 Å². The molecule has 3 rings (SSSR count). The molecule has 1 aliphatic rings. The van der Waals surface area contributed by atoms with E-state index in [1.165, 1.54) is 0 Å². The molecule has 2 aromatic carbocycles. The first-order valence-corrected chi connectivity index (χ1v) is 8.51. The highest BCUT2D eigenvalue weighted by Crippen LogP contribution is 2.29. The molecule has 1 saturated heterocycles. The van der Waals surface area contributed by atoms with Crippen molar-refractivity contribution in [3.05, 3.63) is 54.6 Å². The Morgan fingerprint density at radius 2 is 1.85 bits per heavy atom. The second kappa shape index (κ2) is 8.49. The SMILES string of the molecule is O=C(O)C[C@H]1COCCN1C(=O)COc1ccccc1-c1ccccc1. The maximum absolute atomic E-state index is 12.6. The molecule has 26 heavy (non-hydrogen) atoms. The molecule has 1 heterocycles. The number of nitrogens with zero attached hydrogens (tertiary/aromatic N) is 1. The van der Waals surface area contributed by atoms with Crippen LogP contribution in [-0.2, 0) is 14.3 Å². The molecule has 0 aromatic heterocycles. The summed E-state index contributed by atoms with van der Waals surface area (Å²) in [6.07, 6.45) is -0.133. The molecule has 0 aliphatic carbocycles. The number of aliphatic carboxylic acids is 1. The molecule has 0 saturated carbocycles. The minimum Gasteiger partial charge on any atom is -0.483 e. The molecular formula is C20H21NO5. The van der Waals surface area contributed by atoms with E-state index in [1.54, 1.807) is 4.90 Å². The van der Waals surface area contributed by atoms with E-state index in [4.69, 9.17) is 14.6 Å². The Kier molecular flexibility index (Phi) is 5.86. The molecule has 1 fully saturated rings. The van der Waals surface area contributed by atoms with Crippen molar-refractivity contribution < 1.29 is 24.2 Å². The lowest BCUT2D eigenvalue weighted by Crippen LogP contribution is -2.51. The van der Waals surface area contributed by atoms with Crippen molar-refractivity contribution in [2.24, 2.45) is 0 Å². The normalized spacial score (nSPS) is 16.9. The monoisotopic (exact) mass is 355 g/mol. The van der Waals surface area contributed by atoms with E-state index in [2.05, 4.69) is 0 Å². The molecule has 0 spiro atoms. The summed E-state index contributed by atoms with van der Waals surface area (Å²) in [5, 5.41) is 9.01. The molecule has 2 aromatic rings. The summed E-state index contributed by atoms with van der Waals surface area (Å²) in [6, 6.07) is 16.9. The molecule has 1 aliphatic heterocycles. The molecule has 1 N–H and O–H groups in total. The van der Waals surface area contributed by atoms with Gasteiger partial charge in [0.05, 0.1) is 25.7 Å². The van der Waals surface area contributed by atoms with Crippen LogP contribution in [0.5, 0.6) is 5.75 Å². The van der Waals surface area contributed by atoms with Crippen molar-refractivity contribution in [2.75, 3.05) is 26.4 Å². The number of benzene rings is 2. The third-order valence-corrected chi connectivity index (χ3v) is 4.28. The van der Waals surface area contributed by atoms with E-state index in [1.807, 2.05) is 54.6 Å². The van der Waals surface area contributed by atoms with Crippen LogP contribution in [0.4, 0.5) is 0 Å². The number of hydrogen-bond donors (Lipinski definition) is 1. The topological polar surface area (TPSA) is 76.1 Å². The number of carbonyl (C=O) groups excluding carboxylic acids is 1. The zero-order valence-electron chi connectivity index (χ0n) is 14.3. The molecular weight excluding hydrogens is 334 g/mol. The van der Waals surface area contributed by atoms with Crippen LogP contribution in [0.25, 0.3) is 11.1 Å². The van der Waals surface area contributed by atoms with Crippen LogP contribution in [0.15, 0.2) is 54.6 Å². The highest BCUT2D eigenvalue weighted by atomic mass is 16.5. The second-order valence-electron chi connectivity index (χ2n) is 6.06. The van der Waals surface area contributed by atoms with E-state index in [-0.39, 0.29) is 25.5 Å². The fourth-order valence-electron chi connectivity index (χ4n) is 3.02. The lowest BCUT2D eigenvalue weighted by Gasteiger charge is -2.34. The summed E-state index contributed by atoms with van der Waals surface area (Å²) in [4.78, 5) is 25.1. The fourth-order valence-corrected chi connectivity index (χ4v) is 3.02. The Labute approximate surface area is 152 Å². The van der Waals surface area contributed by atoms with Crippen LogP contribution in [0.1, 0.15) is 6.42 Å². The summed E-state index contributed by atoms with van der Waals surface area (Å²) >= 11 is 0. The van der Waals surface area contributed by atoms with Crippen molar-refractivity contribution in [1.82, 2.24) is 4.90 Å². The van der Waals surface area contributed by atoms with Crippen molar-refractivity contribution in [3.8, 4) is 16.9 Å². The number of para-hydroxylation sites is 1. The van der Waals surface area contributed by atoms with Crippen LogP contribution in [0.3, 0.4) is 0 Å². The van der Waals surface area contributed by atoms with Crippen LogP contribution in [0.2, 0.25) is 0 Å². The average molecular weight is 355 g/mol. The Morgan fingerprint density at radius 3 is 2.62 bits per heavy atom. The Bertz CT molecular complexity index is 762. The van der Waals surface area contributed by atoms with E-state index in [9.17, 15) is 9.59 Å². The molecule has 0 bridgehead atoms. The minimum absolute atomic E-state index is 0.133. The van der Waals surface area contributed by atoms with Gasteiger partial charge in [0.15, 0.2) is 6.61 Å². The van der Waals surface area contributed by atoms with Gasteiger partial charge in [0.1, 0.15) is 5.75 Å². The largest absolute Gasteiger partial charge is 0.483 e. The van der Waals surface area contributed by atoms with Gasteiger partial charge in [0, 0.05) is 12.1 Å². The zero-order chi connectivity index (χ0) is 18.4. The smallest absolute Gasteiger partial charge is 0.305 e. The molecule has 6 nitrogen and oxygen atoms in total. The van der Waals surface area contributed by atoms with Crippen molar-refractivity contribution in [2.45, 2.75) is 12.5 Å². The first-order valence-electron chi connectivity index (χ1n) is 8.51. The van der Waals surface area contributed by atoms with Gasteiger partial charge in [-0.3, -0.25) is 9.59 Å². The maximum atomic E-state index is 12.6. The van der Waals surface area contributed by atoms with Crippen LogP contribution < -0.4 is 4.74 Å². The number of hydrogen-bond acceptors (Lipinski definition) is 4. The molecule has 6 heteroatoms. The lowest BCUT2D eigenvalue weighted by atomic mass is 10.1. The number of amides is 1. The zero-order valence-corrected chi connectivity index (χ0v) is 14.3. The van der Waals surface area contributed by atoms with Gasteiger partial charge in [-0.15, -0.1) is 0 Å². The third-order valence-electron chi connectivity index (χ3n) is 4.28. The molecule has 136 valence electrons. The number of carboxylic acids is 1. The quantitative estimate of drug-likeness (QED) is 0.861. The minimum atomic E-state index is -0.950. The van der Waals surface area contributed by atoms with Gasteiger partial charge in [0.25, 0.3) is 5.91 Å². The van der Waals surface area contributed by atoms with Crippen LogP contribution in [0, 0.1) is 0 Å². The fraction of sp³-hybridized carbons (Fsp3) is 0.300. The van der Waals surface area contributed by atoms with E-state index >= 15 is 0 Å². The lowest BCUT2D eigenvalue weighted by molar-refractivity contribution is -0.147. The second-order valence-corrected chi connectivity index (χ2v) is 6.06. The van der Waals surface area contributed by atoms with E-state index in [0.717, 1.165) is 11.1 Å². The standard InChI is InChI=1S/C20H21NO5/c22-19(21-10-11-25-13-16(21)12-20(23)24)14-26-18-9-5-4-8-17(18)15-6-2-1-3-7-15/h1-9,16H,10-14H2,(H,23,24)/t16-/m0/s1. The summed E-state index contributed by atoms with van der Waals surface area (Å²) in [6.45, 7) is 0.877. The van der Waals surface area contributed by atoms with Crippen molar-refractivity contribution >= 4 is 11.9 Å². The molecule has 0 radical (unpaired) electrons. The summed E-state index contributed by atoms with van der Waals surface area (Å²) in [5.41, 5.74) is 1.91. The first kappa shape index (κ1) is 17.9. The van der Waals surface area contributed by atoms with E-state index in [0.29, 0.717) is 18.9 Å².